The summed E-state index contributed by atoms with van der Waals surface area (Å²) in [4.78, 5) is 30.1. The van der Waals surface area contributed by atoms with Crippen molar-refractivity contribution in [3.05, 3.63) is 51.6 Å². The minimum absolute atomic E-state index is 0.132. The molecule has 7 heteroatoms. The number of aryl methyl sites for hydroxylation is 3. The Bertz CT molecular complexity index is 920. The zero-order chi connectivity index (χ0) is 20.4. The second-order valence-electron chi connectivity index (χ2n) is 7.07. The Labute approximate surface area is 163 Å². The zero-order valence-electron chi connectivity index (χ0n) is 16.6. The van der Waals surface area contributed by atoms with Gasteiger partial charge in [-0.3, -0.25) is 4.79 Å². The number of nitrogens with one attached hydrogen (secondary N) is 1. The number of esters is 1. The average Bonchev–Trinajstić information content (AvgIpc) is 2.94. The topological polar surface area (TPSA) is 71.6 Å². The molecule has 28 heavy (non-hydrogen) atoms. The third-order valence-corrected chi connectivity index (χ3v) is 5.01. The van der Waals surface area contributed by atoms with E-state index in [1.54, 1.807) is 13.8 Å². The molecule has 1 amide bonds. The standard InChI is InChI=1S/C21H25FN2O4/c1-12-10-15-6-5-7-24(19(15)16(22)11-12)20(25)18-13(2)17(14(3)23-18)21(26)28-9-8-27-4/h10-11,23H,5-9H2,1-4H3. The van der Waals surface area contributed by atoms with Crippen LogP contribution in [0.5, 0.6) is 0 Å². The van der Waals surface area contributed by atoms with Gasteiger partial charge in [-0.15, -0.1) is 0 Å². The maximum absolute atomic E-state index is 14.7. The SMILES string of the molecule is COCCOC(=O)c1c(C)[nH]c(C(=O)N2CCCc3cc(C)cc(F)c32)c1C. The van der Waals surface area contributed by atoms with Crippen LogP contribution in [-0.4, -0.2) is 43.7 Å². The van der Waals surface area contributed by atoms with E-state index in [-0.39, 0.29) is 18.2 Å². The van der Waals surface area contributed by atoms with Crippen molar-refractivity contribution < 1.29 is 23.5 Å². The Morgan fingerprint density at radius 1 is 1.21 bits per heavy atom. The summed E-state index contributed by atoms with van der Waals surface area (Å²) in [6.07, 6.45) is 1.49. The smallest absolute Gasteiger partial charge is 0.340 e. The van der Waals surface area contributed by atoms with Crippen molar-refractivity contribution in [2.24, 2.45) is 0 Å². The van der Waals surface area contributed by atoms with Crippen LogP contribution in [0.15, 0.2) is 12.1 Å². The highest BCUT2D eigenvalue weighted by Crippen LogP contribution is 2.33. The number of anilines is 1. The summed E-state index contributed by atoms with van der Waals surface area (Å²) in [5.41, 5.74) is 3.66. The van der Waals surface area contributed by atoms with Gasteiger partial charge in [0, 0.05) is 19.3 Å². The van der Waals surface area contributed by atoms with Crippen molar-refractivity contribution >= 4 is 17.6 Å². The first-order valence-electron chi connectivity index (χ1n) is 9.31. The van der Waals surface area contributed by atoms with Gasteiger partial charge in [-0.2, -0.15) is 0 Å². The largest absolute Gasteiger partial charge is 0.460 e. The van der Waals surface area contributed by atoms with Crippen LogP contribution in [0.3, 0.4) is 0 Å². The number of hydrogen-bond acceptors (Lipinski definition) is 4. The number of aromatic nitrogens is 1. The molecule has 0 aliphatic carbocycles. The number of carbonyl (C=O) groups is 2. The van der Waals surface area contributed by atoms with E-state index in [0.29, 0.717) is 35.7 Å². The second-order valence-corrected chi connectivity index (χ2v) is 7.07. The van der Waals surface area contributed by atoms with Gasteiger partial charge in [0.15, 0.2) is 0 Å². The Balaban J connectivity index is 1.93. The molecule has 2 aromatic rings. The molecule has 0 fully saturated rings. The lowest BCUT2D eigenvalue weighted by atomic mass is 9.98. The second kappa shape index (κ2) is 8.14. The monoisotopic (exact) mass is 388 g/mol. The van der Waals surface area contributed by atoms with E-state index < -0.39 is 11.8 Å². The molecule has 0 spiro atoms. The molecule has 1 N–H and O–H groups in total. The number of aromatic amines is 1. The first-order valence-corrected chi connectivity index (χ1v) is 9.31. The molecule has 0 saturated carbocycles. The third kappa shape index (κ3) is 3.67. The van der Waals surface area contributed by atoms with Crippen LogP contribution < -0.4 is 4.90 Å². The van der Waals surface area contributed by atoms with Gasteiger partial charge in [-0.05, 0) is 56.4 Å². The van der Waals surface area contributed by atoms with Crippen LogP contribution in [0.2, 0.25) is 0 Å². The summed E-state index contributed by atoms with van der Waals surface area (Å²) in [6.45, 7) is 6.10. The van der Waals surface area contributed by atoms with E-state index >= 15 is 0 Å². The fraction of sp³-hybridized carbons (Fsp3) is 0.429. The average molecular weight is 388 g/mol. The van der Waals surface area contributed by atoms with Crippen molar-refractivity contribution in [2.75, 3.05) is 31.8 Å². The summed E-state index contributed by atoms with van der Waals surface area (Å²) in [5.74, 6) is -1.26. The van der Waals surface area contributed by atoms with Crippen molar-refractivity contribution in [1.82, 2.24) is 4.98 Å². The van der Waals surface area contributed by atoms with Crippen LogP contribution in [0.25, 0.3) is 0 Å². The molecule has 3 rings (SSSR count). The van der Waals surface area contributed by atoms with E-state index in [1.165, 1.54) is 18.1 Å². The number of rotatable bonds is 5. The lowest BCUT2D eigenvalue weighted by Gasteiger charge is -2.30. The number of H-pyrrole nitrogens is 1. The van der Waals surface area contributed by atoms with Crippen molar-refractivity contribution in [3.63, 3.8) is 0 Å². The number of fused-ring (bicyclic) bond motifs is 1. The lowest BCUT2D eigenvalue weighted by molar-refractivity contribution is 0.0387. The molecule has 6 nitrogen and oxygen atoms in total. The Kier molecular flexibility index (Phi) is 5.84. The maximum atomic E-state index is 14.7. The van der Waals surface area contributed by atoms with E-state index in [1.807, 2.05) is 13.0 Å². The molecule has 1 aromatic carbocycles. The van der Waals surface area contributed by atoms with E-state index in [2.05, 4.69) is 4.98 Å². The van der Waals surface area contributed by atoms with E-state index in [4.69, 9.17) is 9.47 Å². The molecular formula is C21H25FN2O4. The molecule has 0 unspecified atom stereocenters. The van der Waals surface area contributed by atoms with Gasteiger partial charge in [0.2, 0.25) is 0 Å². The first-order chi connectivity index (χ1) is 13.3. The van der Waals surface area contributed by atoms with Gasteiger partial charge in [-0.25, -0.2) is 9.18 Å². The fourth-order valence-corrected chi connectivity index (χ4v) is 3.74. The molecule has 1 aromatic heterocycles. The molecule has 0 bridgehead atoms. The number of amides is 1. The summed E-state index contributed by atoms with van der Waals surface area (Å²) in [5, 5.41) is 0. The molecule has 150 valence electrons. The zero-order valence-corrected chi connectivity index (χ0v) is 16.6. The minimum Gasteiger partial charge on any atom is -0.460 e. The molecule has 0 atom stereocenters. The van der Waals surface area contributed by atoms with Crippen molar-refractivity contribution in [1.29, 1.82) is 0 Å². The molecule has 1 aliphatic rings. The van der Waals surface area contributed by atoms with E-state index in [9.17, 15) is 14.0 Å². The summed E-state index contributed by atoms with van der Waals surface area (Å²) in [6, 6.07) is 3.36. The number of halogens is 1. The molecule has 0 saturated heterocycles. The van der Waals surface area contributed by atoms with Crippen LogP contribution in [-0.2, 0) is 15.9 Å². The fourth-order valence-electron chi connectivity index (χ4n) is 3.74. The first kappa shape index (κ1) is 20.1. The maximum Gasteiger partial charge on any atom is 0.340 e. The van der Waals surface area contributed by atoms with Crippen molar-refractivity contribution in [3.8, 4) is 0 Å². The Hall–Kier alpha value is -2.67. The predicted octanol–water partition coefficient (Wildman–Crippen LogP) is 3.48. The highest BCUT2D eigenvalue weighted by atomic mass is 19.1. The highest BCUT2D eigenvalue weighted by Gasteiger charge is 2.31. The minimum atomic E-state index is -0.511. The number of nitrogens with zero attached hydrogens (tertiary/aromatic N) is 1. The van der Waals surface area contributed by atoms with Crippen LogP contribution >= 0.6 is 0 Å². The summed E-state index contributed by atoms with van der Waals surface area (Å²) >= 11 is 0. The molecule has 0 radical (unpaired) electrons. The molecule has 1 aliphatic heterocycles. The lowest BCUT2D eigenvalue weighted by Crippen LogP contribution is -2.37. The van der Waals surface area contributed by atoms with Gasteiger partial charge in [0.25, 0.3) is 5.91 Å². The Morgan fingerprint density at radius 2 is 1.96 bits per heavy atom. The Morgan fingerprint density at radius 3 is 2.68 bits per heavy atom. The third-order valence-electron chi connectivity index (χ3n) is 5.01. The van der Waals surface area contributed by atoms with Crippen LogP contribution in [0.4, 0.5) is 10.1 Å². The van der Waals surface area contributed by atoms with Gasteiger partial charge >= 0.3 is 5.97 Å². The van der Waals surface area contributed by atoms with Gasteiger partial charge < -0.3 is 19.4 Å². The predicted molar refractivity (Wildman–Crippen MR) is 104 cm³/mol. The molecule has 2 heterocycles. The number of carbonyl (C=O) groups excluding carboxylic acids is 2. The van der Waals surface area contributed by atoms with Gasteiger partial charge in [0.05, 0.1) is 17.9 Å². The normalized spacial score (nSPS) is 13.4. The summed E-state index contributed by atoms with van der Waals surface area (Å²) < 4.78 is 24.7. The van der Waals surface area contributed by atoms with Gasteiger partial charge in [0.1, 0.15) is 18.1 Å². The molecular weight excluding hydrogens is 363 g/mol. The van der Waals surface area contributed by atoms with Crippen LogP contribution in [0, 0.1) is 26.6 Å². The van der Waals surface area contributed by atoms with Gasteiger partial charge in [-0.1, -0.05) is 6.07 Å². The number of hydrogen-bond donors (Lipinski definition) is 1. The van der Waals surface area contributed by atoms with Crippen LogP contribution in [0.1, 0.15) is 49.7 Å². The number of methoxy groups -OCH3 is 1. The number of ether oxygens (including phenoxy) is 2. The quantitative estimate of drug-likeness (QED) is 0.629. The van der Waals surface area contributed by atoms with Crippen molar-refractivity contribution in [2.45, 2.75) is 33.6 Å². The highest BCUT2D eigenvalue weighted by molar-refractivity contribution is 6.08. The number of benzene rings is 1. The van der Waals surface area contributed by atoms with E-state index in [0.717, 1.165) is 24.0 Å². The summed E-state index contributed by atoms with van der Waals surface area (Å²) in [7, 11) is 1.52.